The molecule has 0 aliphatic carbocycles. The van der Waals surface area contributed by atoms with Gasteiger partial charge in [-0.25, -0.2) is 4.57 Å². The number of unbranched alkanes of at least 4 members (excludes halogenated alkanes) is 1. The molecule has 1 heterocycles. The quantitative estimate of drug-likeness (QED) is 0.0258. The maximum atomic E-state index is 3.23. The van der Waals surface area contributed by atoms with Gasteiger partial charge < -0.3 is 24.5 Å². The third-order valence-electron chi connectivity index (χ3n) is 10.2. The molecule has 0 aliphatic heterocycles. The van der Waals surface area contributed by atoms with E-state index >= 15 is 0 Å². The highest BCUT2D eigenvalue weighted by Gasteiger charge is 2.15. The number of quaternary nitrogens is 1. The predicted molar refractivity (Wildman–Crippen MR) is 254 cm³/mol. The molecule has 0 atom stereocenters. The van der Waals surface area contributed by atoms with Crippen LogP contribution in [0.3, 0.4) is 0 Å². The minimum absolute atomic E-state index is 0.938. The summed E-state index contributed by atoms with van der Waals surface area (Å²) in [5.74, 6) is 2.50. The number of nitrogens with zero attached hydrogens (tertiary/aromatic N) is 5. The van der Waals surface area contributed by atoms with Crippen LogP contribution in [-0.4, -0.2) is 102 Å². The van der Waals surface area contributed by atoms with Gasteiger partial charge in [-0.1, -0.05) is 76.2 Å². The first-order chi connectivity index (χ1) is 27.1. The minimum atomic E-state index is 0.938. The van der Waals surface area contributed by atoms with Crippen molar-refractivity contribution in [3.63, 3.8) is 0 Å². The highest BCUT2D eigenvalue weighted by Crippen LogP contribution is 2.24. The van der Waals surface area contributed by atoms with Gasteiger partial charge in [0.25, 0.3) is 0 Å². The number of pyridine rings is 1. The lowest BCUT2D eigenvalue weighted by atomic mass is 10.1. The topological polar surface area (TPSA) is 25.6 Å². The van der Waals surface area contributed by atoms with E-state index in [0.717, 1.165) is 37.2 Å². The molecular formula is C48H74N6S2+2. The summed E-state index contributed by atoms with van der Waals surface area (Å²) in [6, 6.07) is 22.2. The van der Waals surface area contributed by atoms with E-state index in [1.165, 1.54) is 96.9 Å². The molecule has 56 heavy (non-hydrogen) atoms. The molecule has 0 saturated heterocycles. The van der Waals surface area contributed by atoms with E-state index in [2.05, 4.69) is 212 Å². The first kappa shape index (κ1) is 46.9. The van der Waals surface area contributed by atoms with E-state index in [-0.39, 0.29) is 0 Å². The van der Waals surface area contributed by atoms with Crippen molar-refractivity contribution >= 4 is 51.2 Å². The second-order valence-corrected chi connectivity index (χ2v) is 18.1. The van der Waals surface area contributed by atoms with Crippen LogP contribution in [0.25, 0.3) is 18.2 Å². The van der Waals surface area contributed by atoms with Crippen LogP contribution in [0.15, 0.2) is 103 Å². The lowest BCUT2D eigenvalue weighted by Crippen LogP contribution is -2.42. The Labute approximate surface area is 350 Å². The van der Waals surface area contributed by atoms with E-state index in [9.17, 15) is 0 Å². The molecule has 0 saturated carbocycles. The van der Waals surface area contributed by atoms with Crippen LogP contribution in [0.1, 0.15) is 69.6 Å². The second kappa shape index (κ2) is 27.2. The zero-order chi connectivity index (χ0) is 40.4. The molecule has 2 aromatic carbocycles. The van der Waals surface area contributed by atoms with Crippen molar-refractivity contribution in [2.24, 2.45) is 0 Å². The average molecular weight is 799 g/mol. The van der Waals surface area contributed by atoms with Gasteiger partial charge in [0, 0.05) is 81.6 Å². The summed E-state index contributed by atoms with van der Waals surface area (Å²) in [5, 5.41) is 3.23. The number of aryl methyl sites for hydroxylation is 1. The van der Waals surface area contributed by atoms with Crippen LogP contribution in [0.4, 0.5) is 11.4 Å². The third kappa shape index (κ3) is 19.6. The minimum Gasteiger partial charge on any atom is -0.391 e. The van der Waals surface area contributed by atoms with Gasteiger partial charge >= 0.3 is 0 Å². The number of nitrogens with one attached hydrogen (secondary N) is 1. The molecular weight excluding hydrogens is 725 g/mol. The van der Waals surface area contributed by atoms with Crippen LogP contribution in [0.2, 0.25) is 0 Å². The molecule has 306 valence electrons. The van der Waals surface area contributed by atoms with E-state index in [1.807, 2.05) is 6.20 Å². The van der Waals surface area contributed by atoms with Crippen LogP contribution in [-0.2, 0) is 6.54 Å². The van der Waals surface area contributed by atoms with E-state index in [0.29, 0.717) is 0 Å². The molecule has 8 heteroatoms. The van der Waals surface area contributed by atoms with Crippen LogP contribution >= 0.6 is 21.6 Å². The van der Waals surface area contributed by atoms with Gasteiger partial charge in [0.05, 0.1) is 27.2 Å². The second-order valence-electron chi connectivity index (χ2n) is 15.4. The monoisotopic (exact) mass is 799 g/mol. The number of allylic oxidation sites excluding steroid dienone is 4. The van der Waals surface area contributed by atoms with Gasteiger partial charge in [0.1, 0.15) is 6.54 Å². The van der Waals surface area contributed by atoms with Crippen LogP contribution < -0.4 is 19.7 Å². The van der Waals surface area contributed by atoms with E-state index < -0.39 is 0 Å². The lowest BCUT2D eigenvalue weighted by Gasteiger charge is -2.31. The number of aromatic nitrogens is 1. The Balaban J connectivity index is 1.18. The Morgan fingerprint density at radius 2 is 1.18 bits per heavy atom. The largest absolute Gasteiger partial charge is 0.391 e. The zero-order valence-corrected chi connectivity index (χ0v) is 37.8. The van der Waals surface area contributed by atoms with Crippen molar-refractivity contribution in [2.45, 2.75) is 59.4 Å². The molecule has 0 unspecified atom stereocenters. The fourth-order valence-corrected chi connectivity index (χ4v) is 8.60. The number of benzene rings is 2. The maximum Gasteiger partial charge on any atom is 0.169 e. The Hall–Kier alpha value is -3.43. The van der Waals surface area contributed by atoms with Crippen molar-refractivity contribution in [3.05, 3.63) is 120 Å². The average Bonchev–Trinajstić information content (AvgIpc) is 3.21. The summed E-state index contributed by atoms with van der Waals surface area (Å²) >= 11 is 0. The highest BCUT2D eigenvalue weighted by atomic mass is 33.1. The van der Waals surface area contributed by atoms with Crippen LogP contribution in [0.5, 0.6) is 0 Å². The smallest absolute Gasteiger partial charge is 0.169 e. The molecule has 0 bridgehead atoms. The van der Waals surface area contributed by atoms with Crippen molar-refractivity contribution in [2.75, 3.05) is 102 Å². The fourth-order valence-electron chi connectivity index (χ4n) is 6.38. The standard InChI is InChI=1S/C48H74N6S2/c1-9-43(29-32-49-10-2)17-18-44-21-25-47(26-22-44)51(5)35-14-34-50(4)33-12-13-41-55-56-42-16-40-54(7,8)39-15-36-52(6)48-27-23-45(24-28-48)19-20-46-30-37-53(11-3)38-31-46/h9,17-32,37-38,49H,10-16,33-36,39-42H2,1-8H3/q+2/b18-17+,32-29-,43-9-. The maximum absolute atomic E-state index is 3.23. The molecule has 6 nitrogen and oxygen atoms in total. The SMILES string of the molecule is C/C=C(\C=C/NCC)/C=C/c1ccc(N(C)CCCN(C)CCCCSSCCC[N+](C)(C)CCCN(C)c2ccc(/C=C/c3cc[n+](CC)cc3)cc2)cc1. The first-order valence-electron chi connectivity index (χ1n) is 20.9. The number of anilines is 2. The van der Waals surface area contributed by atoms with Gasteiger partial charge in [-0.3, -0.25) is 0 Å². The number of hydrogen-bond acceptors (Lipinski definition) is 6. The Morgan fingerprint density at radius 3 is 1.77 bits per heavy atom. The normalized spacial score (nSPS) is 12.5. The van der Waals surface area contributed by atoms with Gasteiger partial charge in [-0.15, -0.1) is 0 Å². The molecule has 0 aliphatic rings. The third-order valence-corrected chi connectivity index (χ3v) is 12.8. The fraction of sp³-hybridized carbons (Fsp3) is 0.479. The van der Waals surface area contributed by atoms with Crippen LogP contribution in [0, 0.1) is 0 Å². The van der Waals surface area contributed by atoms with Crippen molar-refractivity contribution in [3.8, 4) is 0 Å². The molecule has 3 aromatic rings. The number of hydrogen-bond donors (Lipinski definition) is 1. The Bertz CT molecular complexity index is 1600. The summed E-state index contributed by atoms with van der Waals surface area (Å²) < 4.78 is 3.28. The zero-order valence-electron chi connectivity index (χ0n) is 36.1. The first-order valence-corrected chi connectivity index (χ1v) is 23.4. The van der Waals surface area contributed by atoms with Crippen molar-refractivity contribution in [1.29, 1.82) is 0 Å². The summed E-state index contributed by atoms with van der Waals surface area (Å²) in [7, 11) is 15.6. The predicted octanol–water partition coefficient (Wildman–Crippen LogP) is 10.2. The number of rotatable bonds is 28. The summed E-state index contributed by atoms with van der Waals surface area (Å²) in [6.07, 6.45) is 25.5. The molecule has 0 spiro atoms. The molecule has 3 rings (SSSR count). The van der Waals surface area contributed by atoms with Crippen molar-refractivity contribution in [1.82, 2.24) is 10.2 Å². The summed E-state index contributed by atoms with van der Waals surface area (Å²) in [6.45, 7) is 15.2. The van der Waals surface area contributed by atoms with Gasteiger partial charge in [0.15, 0.2) is 12.4 Å². The summed E-state index contributed by atoms with van der Waals surface area (Å²) in [4.78, 5) is 7.27. The van der Waals surface area contributed by atoms with Crippen molar-refractivity contribution < 1.29 is 9.05 Å². The van der Waals surface area contributed by atoms with Gasteiger partial charge in [-0.05, 0) is 119 Å². The highest BCUT2D eigenvalue weighted by molar-refractivity contribution is 8.76. The molecule has 0 fully saturated rings. The Kier molecular flexibility index (Phi) is 22.8. The lowest BCUT2D eigenvalue weighted by molar-refractivity contribution is -0.890. The van der Waals surface area contributed by atoms with E-state index in [1.54, 1.807) is 0 Å². The van der Waals surface area contributed by atoms with Gasteiger partial charge in [0.2, 0.25) is 0 Å². The van der Waals surface area contributed by atoms with E-state index in [4.69, 9.17) is 0 Å². The molecule has 1 aromatic heterocycles. The summed E-state index contributed by atoms with van der Waals surface area (Å²) in [5.41, 5.74) is 7.44. The molecule has 1 N–H and O–H groups in total. The Morgan fingerprint density at radius 1 is 0.643 bits per heavy atom. The molecule has 0 amide bonds. The van der Waals surface area contributed by atoms with Gasteiger partial charge in [-0.2, -0.15) is 0 Å². The molecule has 0 radical (unpaired) electrons.